The van der Waals surface area contributed by atoms with E-state index in [4.69, 9.17) is 11.6 Å². The number of amides is 1. The predicted octanol–water partition coefficient (Wildman–Crippen LogP) is 0.977. The third-order valence-corrected chi connectivity index (χ3v) is 3.90. The standard InChI is InChI=1S/C15H21ClN2O/c1-12(16)15(19)17-14-7-9-18(10-8-14)11-13-5-3-2-4-6-13/h2-6,12,14H,7-11H2,1H3,(H,17,19)/p+1/t12-/m0/s1. The van der Waals surface area contributed by atoms with Crippen LogP contribution in [0.4, 0.5) is 0 Å². The lowest BCUT2D eigenvalue weighted by atomic mass is 10.0. The van der Waals surface area contributed by atoms with E-state index < -0.39 is 5.38 Å². The van der Waals surface area contributed by atoms with Crippen molar-refractivity contribution in [1.82, 2.24) is 5.32 Å². The Bertz CT molecular complexity index is 400. The lowest BCUT2D eigenvalue weighted by Crippen LogP contribution is -3.12. The highest BCUT2D eigenvalue weighted by molar-refractivity contribution is 6.30. The molecule has 0 aliphatic carbocycles. The first-order chi connectivity index (χ1) is 9.15. The van der Waals surface area contributed by atoms with Gasteiger partial charge in [-0.25, -0.2) is 0 Å². The average molecular weight is 282 g/mol. The zero-order valence-electron chi connectivity index (χ0n) is 11.4. The molecule has 1 saturated heterocycles. The second-order valence-corrected chi connectivity index (χ2v) is 5.97. The van der Waals surface area contributed by atoms with Crippen molar-refractivity contribution >= 4 is 17.5 Å². The summed E-state index contributed by atoms with van der Waals surface area (Å²) in [6.45, 7) is 5.01. The number of piperidine rings is 1. The number of nitrogens with one attached hydrogen (secondary N) is 2. The Morgan fingerprint density at radius 1 is 1.37 bits per heavy atom. The van der Waals surface area contributed by atoms with Crippen LogP contribution in [0, 0.1) is 0 Å². The maximum Gasteiger partial charge on any atom is 0.237 e. The fourth-order valence-corrected chi connectivity index (χ4v) is 2.61. The maximum atomic E-state index is 11.5. The van der Waals surface area contributed by atoms with Gasteiger partial charge in [0.25, 0.3) is 0 Å². The van der Waals surface area contributed by atoms with Crippen molar-refractivity contribution in [3.05, 3.63) is 35.9 Å². The smallest absolute Gasteiger partial charge is 0.237 e. The molecule has 104 valence electrons. The topological polar surface area (TPSA) is 33.5 Å². The van der Waals surface area contributed by atoms with Crippen molar-refractivity contribution < 1.29 is 9.69 Å². The molecule has 4 heteroatoms. The molecule has 1 fully saturated rings. The molecule has 2 N–H and O–H groups in total. The van der Waals surface area contributed by atoms with Gasteiger partial charge in [0.1, 0.15) is 11.9 Å². The Balaban J connectivity index is 1.75. The number of alkyl halides is 1. The third kappa shape index (κ3) is 4.51. The van der Waals surface area contributed by atoms with Crippen LogP contribution in [-0.2, 0) is 11.3 Å². The van der Waals surface area contributed by atoms with E-state index in [1.165, 1.54) is 5.56 Å². The van der Waals surface area contributed by atoms with Gasteiger partial charge in [0, 0.05) is 24.4 Å². The van der Waals surface area contributed by atoms with E-state index in [1.807, 2.05) is 6.07 Å². The van der Waals surface area contributed by atoms with Crippen LogP contribution in [0.5, 0.6) is 0 Å². The van der Waals surface area contributed by atoms with Crippen molar-refractivity contribution in [2.24, 2.45) is 0 Å². The van der Waals surface area contributed by atoms with Gasteiger partial charge < -0.3 is 10.2 Å². The molecule has 0 unspecified atom stereocenters. The summed E-state index contributed by atoms with van der Waals surface area (Å²) in [6.07, 6.45) is 2.08. The quantitative estimate of drug-likeness (QED) is 0.793. The van der Waals surface area contributed by atoms with Gasteiger partial charge in [0.05, 0.1) is 13.1 Å². The summed E-state index contributed by atoms with van der Waals surface area (Å²) in [4.78, 5) is 13.1. The Morgan fingerprint density at radius 3 is 2.58 bits per heavy atom. The molecule has 19 heavy (non-hydrogen) atoms. The molecule has 1 aliphatic heterocycles. The van der Waals surface area contributed by atoms with Crippen molar-refractivity contribution in [2.45, 2.75) is 37.7 Å². The molecule has 0 bridgehead atoms. The Morgan fingerprint density at radius 2 is 2.00 bits per heavy atom. The summed E-state index contributed by atoms with van der Waals surface area (Å²) < 4.78 is 0. The molecule has 1 atom stereocenters. The summed E-state index contributed by atoms with van der Waals surface area (Å²) >= 11 is 5.77. The predicted molar refractivity (Wildman–Crippen MR) is 77.3 cm³/mol. The summed E-state index contributed by atoms with van der Waals surface area (Å²) in [5, 5.41) is 2.58. The number of hydrogen-bond donors (Lipinski definition) is 2. The number of carbonyl (C=O) groups is 1. The highest BCUT2D eigenvalue weighted by atomic mass is 35.5. The molecule has 1 aromatic carbocycles. The minimum atomic E-state index is -0.435. The van der Waals surface area contributed by atoms with E-state index >= 15 is 0 Å². The molecular formula is C15H22ClN2O+. The number of benzene rings is 1. The van der Waals surface area contributed by atoms with Crippen LogP contribution >= 0.6 is 11.6 Å². The molecule has 1 amide bonds. The average Bonchev–Trinajstić information content (AvgIpc) is 2.42. The van der Waals surface area contributed by atoms with E-state index in [0.717, 1.165) is 32.5 Å². The summed E-state index contributed by atoms with van der Waals surface area (Å²) in [5.74, 6) is -0.0434. The molecule has 0 saturated carbocycles. The number of halogens is 1. The fourth-order valence-electron chi connectivity index (χ4n) is 2.55. The first kappa shape index (κ1) is 14.4. The molecule has 0 radical (unpaired) electrons. The fraction of sp³-hybridized carbons (Fsp3) is 0.533. The van der Waals surface area contributed by atoms with Crippen molar-refractivity contribution in [2.75, 3.05) is 13.1 Å². The third-order valence-electron chi connectivity index (χ3n) is 3.70. The van der Waals surface area contributed by atoms with Gasteiger partial charge in [-0.05, 0) is 6.92 Å². The first-order valence-corrected chi connectivity index (χ1v) is 7.40. The first-order valence-electron chi connectivity index (χ1n) is 6.97. The molecular weight excluding hydrogens is 260 g/mol. The molecule has 0 aromatic heterocycles. The second-order valence-electron chi connectivity index (χ2n) is 5.31. The van der Waals surface area contributed by atoms with Crippen LogP contribution < -0.4 is 10.2 Å². The highest BCUT2D eigenvalue weighted by Crippen LogP contribution is 2.03. The van der Waals surface area contributed by atoms with E-state index in [-0.39, 0.29) is 5.91 Å². The normalized spacial score (nSPS) is 24.7. The number of rotatable bonds is 4. The van der Waals surface area contributed by atoms with Crippen molar-refractivity contribution in [1.29, 1.82) is 0 Å². The minimum absolute atomic E-state index is 0.0434. The summed E-state index contributed by atoms with van der Waals surface area (Å²) in [7, 11) is 0. The molecule has 2 rings (SSSR count). The lowest BCUT2D eigenvalue weighted by Gasteiger charge is -2.30. The molecule has 0 spiro atoms. The van der Waals surface area contributed by atoms with Crippen LogP contribution in [0.2, 0.25) is 0 Å². The van der Waals surface area contributed by atoms with E-state index in [2.05, 4.69) is 29.6 Å². The van der Waals surface area contributed by atoms with Gasteiger partial charge in [-0.3, -0.25) is 4.79 Å². The van der Waals surface area contributed by atoms with Gasteiger partial charge in [0.15, 0.2) is 0 Å². The van der Waals surface area contributed by atoms with Gasteiger partial charge in [-0.2, -0.15) is 0 Å². The maximum absolute atomic E-state index is 11.5. The molecule has 1 aromatic rings. The van der Waals surface area contributed by atoms with Gasteiger partial charge in [-0.1, -0.05) is 30.3 Å². The number of carbonyl (C=O) groups excluding carboxylic acids is 1. The number of hydrogen-bond acceptors (Lipinski definition) is 1. The second kappa shape index (κ2) is 6.92. The number of likely N-dealkylation sites (tertiary alicyclic amines) is 1. The number of quaternary nitrogens is 1. The van der Waals surface area contributed by atoms with Crippen LogP contribution in [0.25, 0.3) is 0 Å². The molecule has 3 nitrogen and oxygen atoms in total. The van der Waals surface area contributed by atoms with Crippen LogP contribution in [-0.4, -0.2) is 30.4 Å². The molecule has 1 aliphatic rings. The van der Waals surface area contributed by atoms with E-state index in [1.54, 1.807) is 11.8 Å². The van der Waals surface area contributed by atoms with E-state index in [0.29, 0.717) is 6.04 Å². The molecule has 1 heterocycles. The monoisotopic (exact) mass is 281 g/mol. The summed E-state index contributed by atoms with van der Waals surface area (Å²) in [5.41, 5.74) is 1.38. The van der Waals surface area contributed by atoms with Crippen LogP contribution in [0.15, 0.2) is 30.3 Å². The zero-order valence-corrected chi connectivity index (χ0v) is 12.1. The van der Waals surface area contributed by atoms with Crippen molar-refractivity contribution in [3.63, 3.8) is 0 Å². The van der Waals surface area contributed by atoms with Crippen LogP contribution in [0.3, 0.4) is 0 Å². The Labute approximate surface area is 119 Å². The van der Waals surface area contributed by atoms with Gasteiger partial charge >= 0.3 is 0 Å². The Kier molecular flexibility index (Phi) is 5.23. The van der Waals surface area contributed by atoms with Gasteiger partial charge in [0.2, 0.25) is 5.91 Å². The lowest BCUT2D eigenvalue weighted by molar-refractivity contribution is -0.918. The largest absolute Gasteiger partial charge is 0.352 e. The Hall–Kier alpha value is -1.06. The SMILES string of the molecule is C[C@H](Cl)C(=O)NC1CC[NH+](Cc2ccccc2)CC1. The van der Waals surface area contributed by atoms with Crippen LogP contribution in [0.1, 0.15) is 25.3 Å². The summed E-state index contributed by atoms with van der Waals surface area (Å²) in [6, 6.07) is 10.9. The van der Waals surface area contributed by atoms with E-state index in [9.17, 15) is 4.79 Å². The van der Waals surface area contributed by atoms with Gasteiger partial charge in [-0.15, -0.1) is 11.6 Å². The minimum Gasteiger partial charge on any atom is -0.352 e. The highest BCUT2D eigenvalue weighted by Gasteiger charge is 2.24. The zero-order chi connectivity index (χ0) is 13.7. The van der Waals surface area contributed by atoms with Crippen molar-refractivity contribution in [3.8, 4) is 0 Å².